The first kappa shape index (κ1) is 22.3. The predicted molar refractivity (Wildman–Crippen MR) is 131 cm³/mol. The van der Waals surface area contributed by atoms with Crippen molar-refractivity contribution >= 4 is 50.3 Å². The number of aliphatic hydroxyl groups is 1. The van der Waals surface area contributed by atoms with E-state index in [0.29, 0.717) is 31.3 Å². The van der Waals surface area contributed by atoms with Gasteiger partial charge in [0, 0.05) is 34.7 Å². The number of likely N-dealkylation sites (N-methyl/N-ethyl adjacent to an activating group) is 1. The number of hydrogen-bond donors (Lipinski definition) is 3. The van der Waals surface area contributed by atoms with Gasteiger partial charge in [-0.2, -0.15) is 4.98 Å². The van der Waals surface area contributed by atoms with E-state index in [4.69, 9.17) is 16.7 Å². The van der Waals surface area contributed by atoms with Crippen molar-refractivity contribution in [3.63, 3.8) is 0 Å². The number of anilines is 1. The zero-order chi connectivity index (χ0) is 21.6. The Morgan fingerprint density at radius 3 is 2.94 bits per heavy atom. The Kier molecular flexibility index (Phi) is 7.59. The number of allylic oxidation sites excluding steroid dienone is 1. The van der Waals surface area contributed by atoms with Crippen LogP contribution in [0.25, 0.3) is 10.2 Å². The molecule has 3 N–H and O–H groups in total. The lowest BCUT2D eigenvalue weighted by Crippen LogP contribution is -2.33. The summed E-state index contributed by atoms with van der Waals surface area (Å²) < 4.78 is 0.992. The van der Waals surface area contributed by atoms with E-state index in [1.807, 2.05) is 13.1 Å². The van der Waals surface area contributed by atoms with Crippen LogP contribution in [0, 0.1) is 11.8 Å². The summed E-state index contributed by atoms with van der Waals surface area (Å²) in [5.74, 6) is 7.66. The van der Waals surface area contributed by atoms with Gasteiger partial charge in [-0.3, -0.25) is 0 Å². The SMILES string of the molecule is CN[C@H]1CC=CC[C@@H]1c1sc2c(NCc3cccs3)nc(Cl)nc2c1C#CCCCO. The Bertz CT molecular complexity index is 1110. The minimum atomic E-state index is 0.145. The molecule has 4 rings (SSSR count). The standard InChI is InChI=1S/C23H25ClN4OS2/c1-25-18-11-5-4-9-16(18)20-17(10-3-2-6-12-29)19-21(31-20)22(28-23(24)27-19)26-14-15-8-7-13-30-15/h4-5,7-8,13,16,18,25,29H,2,6,9,11-12,14H2,1H3,(H,26,27,28)/t16-,18-/m0/s1. The minimum absolute atomic E-state index is 0.145. The third-order valence-corrected chi connectivity index (χ3v) is 7.72. The number of nitrogens with one attached hydrogen (secondary N) is 2. The average molecular weight is 473 g/mol. The van der Waals surface area contributed by atoms with Crippen molar-refractivity contribution < 1.29 is 5.11 Å². The van der Waals surface area contributed by atoms with Gasteiger partial charge in [-0.1, -0.05) is 30.1 Å². The Morgan fingerprint density at radius 1 is 1.29 bits per heavy atom. The quantitative estimate of drug-likeness (QED) is 0.192. The van der Waals surface area contributed by atoms with Crippen LogP contribution < -0.4 is 10.6 Å². The lowest BCUT2D eigenvalue weighted by atomic mass is 9.86. The summed E-state index contributed by atoms with van der Waals surface area (Å²) in [6.45, 7) is 0.835. The van der Waals surface area contributed by atoms with Crippen LogP contribution in [0.1, 0.15) is 46.9 Å². The number of rotatable bonds is 7. The summed E-state index contributed by atoms with van der Waals surface area (Å²) in [4.78, 5) is 11.5. The van der Waals surface area contributed by atoms with E-state index in [0.717, 1.165) is 34.4 Å². The maximum atomic E-state index is 9.10. The largest absolute Gasteiger partial charge is 0.396 e. The zero-order valence-corrected chi connectivity index (χ0v) is 19.7. The van der Waals surface area contributed by atoms with Crippen molar-refractivity contribution in [2.75, 3.05) is 19.0 Å². The van der Waals surface area contributed by atoms with Crippen LogP contribution in [-0.2, 0) is 6.54 Å². The Balaban J connectivity index is 1.79. The van der Waals surface area contributed by atoms with Crippen LogP contribution in [0.15, 0.2) is 29.7 Å². The molecule has 0 bridgehead atoms. The molecular weight excluding hydrogens is 448 g/mol. The molecule has 1 aliphatic carbocycles. The molecule has 3 aromatic rings. The molecule has 8 heteroatoms. The van der Waals surface area contributed by atoms with Crippen LogP contribution in [0.5, 0.6) is 0 Å². The van der Waals surface area contributed by atoms with Gasteiger partial charge >= 0.3 is 0 Å². The average Bonchev–Trinajstić information content (AvgIpc) is 3.43. The lowest BCUT2D eigenvalue weighted by molar-refractivity contribution is 0.290. The highest BCUT2D eigenvalue weighted by Crippen LogP contribution is 2.42. The van der Waals surface area contributed by atoms with Crippen molar-refractivity contribution in [2.45, 2.75) is 44.2 Å². The van der Waals surface area contributed by atoms with Crippen LogP contribution in [0.3, 0.4) is 0 Å². The molecule has 2 atom stereocenters. The number of nitrogens with zero attached hydrogens (tertiary/aromatic N) is 2. The molecule has 0 unspecified atom stereocenters. The number of thiophene rings is 2. The lowest BCUT2D eigenvalue weighted by Gasteiger charge is -2.27. The Hall–Kier alpha value is -1.95. The molecule has 0 aliphatic heterocycles. The molecular formula is C23H25ClN4OS2. The monoisotopic (exact) mass is 472 g/mol. The highest BCUT2D eigenvalue weighted by Gasteiger charge is 2.29. The first-order valence-corrected chi connectivity index (χ1v) is 12.5. The van der Waals surface area contributed by atoms with E-state index in [1.165, 1.54) is 9.75 Å². The van der Waals surface area contributed by atoms with Crippen LogP contribution in [0.2, 0.25) is 5.28 Å². The van der Waals surface area contributed by atoms with Crippen molar-refractivity contribution in [3.8, 4) is 11.8 Å². The Labute approximate surface area is 195 Å². The Morgan fingerprint density at radius 2 is 2.16 bits per heavy atom. The smallest absolute Gasteiger partial charge is 0.225 e. The fourth-order valence-electron chi connectivity index (χ4n) is 3.79. The summed E-state index contributed by atoms with van der Waals surface area (Å²) in [5, 5.41) is 18.3. The number of aromatic nitrogens is 2. The number of aliphatic hydroxyl groups excluding tert-OH is 1. The van der Waals surface area contributed by atoms with Crippen molar-refractivity contribution in [1.82, 2.24) is 15.3 Å². The molecule has 0 fully saturated rings. The first-order valence-electron chi connectivity index (χ1n) is 10.4. The highest BCUT2D eigenvalue weighted by molar-refractivity contribution is 7.20. The molecule has 0 saturated carbocycles. The fraction of sp³-hybridized carbons (Fsp3) is 0.391. The summed E-state index contributed by atoms with van der Waals surface area (Å²) >= 11 is 9.76. The molecule has 3 heterocycles. The van der Waals surface area contributed by atoms with E-state index < -0.39 is 0 Å². The van der Waals surface area contributed by atoms with E-state index in [2.05, 4.69) is 56.0 Å². The highest BCUT2D eigenvalue weighted by atomic mass is 35.5. The van der Waals surface area contributed by atoms with Gasteiger partial charge in [0.2, 0.25) is 5.28 Å². The topological polar surface area (TPSA) is 70.1 Å². The van der Waals surface area contributed by atoms with Gasteiger partial charge in [-0.15, -0.1) is 22.7 Å². The van der Waals surface area contributed by atoms with Crippen LogP contribution in [0.4, 0.5) is 5.82 Å². The summed E-state index contributed by atoms with van der Waals surface area (Å²) in [5.41, 5.74) is 1.76. The number of fused-ring (bicyclic) bond motifs is 1. The van der Waals surface area contributed by atoms with E-state index in [9.17, 15) is 0 Å². The van der Waals surface area contributed by atoms with E-state index in [1.54, 1.807) is 22.7 Å². The maximum Gasteiger partial charge on any atom is 0.225 e. The maximum absolute atomic E-state index is 9.10. The van der Waals surface area contributed by atoms with Gasteiger partial charge in [0.05, 0.1) is 16.8 Å². The van der Waals surface area contributed by atoms with Gasteiger partial charge in [0.1, 0.15) is 11.3 Å². The number of hydrogen-bond acceptors (Lipinski definition) is 7. The third-order valence-electron chi connectivity index (χ3n) is 5.36. The van der Waals surface area contributed by atoms with Crippen molar-refractivity contribution in [1.29, 1.82) is 0 Å². The normalized spacial score (nSPS) is 18.2. The van der Waals surface area contributed by atoms with Gasteiger partial charge in [-0.25, -0.2) is 4.98 Å². The minimum Gasteiger partial charge on any atom is -0.396 e. The number of unbranched alkanes of at least 4 members (excludes halogenated alkanes) is 1. The molecule has 0 aromatic carbocycles. The van der Waals surface area contributed by atoms with Gasteiger partial charge < -0.3 is 15.7 Å². The molecule has 0 radical (unpaired) electrons. The third kappa shape index (κ3) is 5.11. The molecule has 0 spiro atoms. The molecule has 0 saturated heterocycles. The number of halogens is 1. The van der Waals surface area contributed by atoms with E-state index in [-0.39, 0.29) is 11.9 Å². The zero-order valence-electron chi connectivity index (χ0n) is 17.3. The fourth-order valence-corrected chi connectivity index (χ4v) is 5.95. The molecule has 3 aromatic heterocycles. The predicted octanol–water partition coefficient (Wildman–Crippen LogP) is 5.16. The molecule has 1 aliphatic rings. The first-order chi connectivity index (χ1) is 15.2. The van der Waals surface area contributed by atoms with Crippen LogP contribution >= 0.6 is 34.3 Å². The molecule has 5 nitrogen and oxygen atoms in total. The second-order valence-electron chi connectivity index (χ2n) is 7.37. The molecule has 0 amide bonds. The second kappa shape index (κ2) is 10.6. The van der Waals surface area contributed by atoms with Gasteiger partial charge in [-0.05, 0) is 49.4 Å². The summed E-state index contributed by atoms with van der Waals surface area (Å²) in [7, 11) is 2.02. The van der Waals surface area contributed by atoms with Crippen LogP contribution in [-0.4, -0.2) is 34.8 Å². The van der Waals surface area contributed by atoms with Gasteiger partial charge in [0.15, 0.2) is 0 Å². The second-order valence-corrected chi connectivity index (χ2v) is 9.79. The summed E-state index contributed by atoms with van der Waals surface area (Å²) in [6, 6.07) is 4.49. The van der Waals surface area contributed by atoms with Crippen molar-refractivity contribution in [3.05, 3.63) is 50.3 Å². The van der Waals surface area contributed by atoms with E-state index >= 15 is 0 Å². The molecule has 31 heavy (non-hydrogen) atoms. The molecule has 162 valence electrons. The summed E-state index contributed by atoms with van der Waals surface area (Å²) in [6.07, 6.45) is 7.75. The van der Waals surface area contributed by atoms with Crippen molar-refractivity contribution in [2.24, 2.45) is 0 Å². The van der Waals surface area contributed by atoms with Gasteiger partial charge in [0.25, 0.3) is 0 Å².